The molecule has 6 rings (SSSR count). The normalized spacial score (nSPS) is 32.6. The number of fused-ring (bicyclic) bond motifs is 1. The summed E-state index contributed by atoms with van der Waals surface area (Å²) in [6.07, 6.45) is 6.47. The van der Waals surface area contributed by atoms with Gasteiger partial charge in [-0.05, 0) is 74.1 Å². The fraction of sp³-hybridized carbons (Fsp3) is 0.679. The lowest BCUT2D eigenvalue weighted by atomic mass is 9.74. The number of hydrogen-bond acceptors (Lipinski definition) is 5. The Bertz CT molecular complexity index is 1090. The molecule has 2 aliphatic carbocycles. The number of piperidine rings is 1. The quantitative estimate of drug-likeness (QED) is 0.602. The van der Waals surface area contributed by atoms with E-state index in [9.17, 15) is 23.2 Å². The number of benzene rings is 1. The maximum atomic E-state index is 13.9. The molecule has 3 heterocycles. The highest BCUT2D eigenvalue weighted by atomic mass is 19.3. The first kappa shape index (κ1) is 24.8. The van der Waals surface area contributed by atoms with Crippen LogP contribution in [0.4, 0.5) is 8.78 Å². The number of alkyl halides is 2. The van der Waals surface area contributed by atoms with E-state index in [4.69, 9.17) is 4.74 Å². The van der Waals surface area contributed by atoms with Crippen molar-refractivity contribution in [3.63, 3.8) is 0 Å². The zero-order chi connectivity index (χ0) is 25.7. The second-order valence-electron chi connectivity index (χ2n) is 11.7. The minimum absolute atomic E-state index is 0.0314. The van der Waals surface area contributed by atoms with Crippen LogP contribution in [-0.2, 0) is 16.1 Å². The largest absolute Gasteiger partial charge is 0.489 e. The van der Waals surface area contributed by atoms with Crippen molar-refractivity contribution in [2.45, 2.75) is 94.9 Å². The summed E-state index contributed by atoms with van der Waals surface area (Å²) in [5, 5.41) is 2.34. The van der Waals surface area contributed by atoms with Gasteiger partial charge in [0, 0.05) is 50.5 Å². The van der Waals surface area contributed by atoms with E-state index in [0.29, 0.717) is 30.9 Å². The topological polar surface area (TPSA) is 79.0 Å². The van der Waals surface area contributed by atoms with Gasteiger partial charge in [0.2, 0.25) is 17.7 Å². The first-order chi connectivity index (χ1) is 17.8. The molecule has 37 heavy (non-hydrogen) atoms. The molecule has 2 saturated heterocycles. The van der Waals surface area contributed by atoms with Crippen LogP contribution in [-0.4, -0.2) is 64.7 Å². The van der Waals surface area contributed by atoms with Crippen molar-refractivity contribution in [3.05, 3.63) is 29.3 Å². The Morgan fingerprint density at radius 1 is 0.973 bits per heavy atom. The minimum Gasteiger partial charge on any atom is -0.489 e. The van der Waals surface area contributed by atoms with Gasteiger partial charge in [-0.15, -0.1) is 0 Å². The van der Waals surface area contributed by atoms with E-state index >= 15 is 0 Å². The highest BCUT2D eigenvalue weighted by molar-refractivity contribution is 6.05. The number of carbonyl (C=O) groups excluding carboxylic acids is 3. The predicted molar refractivity (Wildman–Crippen MR) is 131 cm³/mol. The zero-order valence-electron chi connectivity index (χ0n) is 21.1. The van der Waals surface area contributed by atoms with Crippen LogP contribution in [0.1, 0.15) is 80.1 Å². The molecule has 1 N–H and O–H groups in total. The lowest BCUT2D eigenvalue weighted by molar-refractivity contribution is -0.136. The van der Waals surface area contributed by atoms with Gasteiger partial charge >= 0.3 is 0 Å². The fourth-order valence-corrected chi connectivity index (χ4v) is 7.16. The van der Waals surface area contributed by atoms with Gasteiger partial charge in [-0.25, -0.2) is 8.78 Å². The Morgan fingerprint density at radius 3 is 2.57 bits per heavy atom. The summed E-state index contributed by atoms with van der Waals surface area (Å²) in [5.41, 5.74) is 1.41. The van der Waals surface area contributed by atoms with Crippen LogP contribution in [0.25, 0.3) is 0 Å². The van der Waals surface area contributed by atoms with Gasteiger partial charge in [-0.3, -0.25) is 24.6 Å². The molecule has 0 radical (unpaired) electrons. The lowest BCUT2D eigenvalue weighted by Gasteiger charge is -2.51. The summed E-state index contributed by atoms with van der Waals surface area (Å²) in [7, 11) is 0. The van der Waals surface area contributed by atoms with E-state index in [1.54, 1.807) is 11.0 Å². The van der Waals surface area contributed by atoms with Gasteiger partial charge in [-0.1, -0.05) is 6.42 Å². The van der Waals surface area contributed by atoms with E-state index in [2.05, 4.69) is 10.2 Å². The van der Waals surface area contributed by atoms with Crippen molar-refractivity contribution in [2.75, 3.05) is 13.1 Å². The molecular formula is C28H35F2N3O4. The Labute approximate surface area is 215 Å². The van der Waals surface area contributed by atoms with Gasteiger partial charge < -0.3 is 9.64 Å². The zero-order valence-corrected chi connectivity index (χ0v) is 21.1. The Hall–Kier alpha value is -2.55. The molecule has 3 amide bonds. The lowest BCUT2D eigenvalue weighted by Crippen LogP contribution is -2.60. The molecule has 9 heteroatoms. The number of nitrogens with zero attached hydrogens (tertiary/aromatic N) is 2. The van der Waals surface area contributed by atoms with Crippen LogP contribution in [0.15, 0.2) is 18.2 Å². The van der Waals surface area contributed by atoms with Crippen LogP contribution in [0.3, 0.4) is 0 Å². The molecule has 2 unspecified atom stereocenters. The molecule has 7 nitrogen and oxygen atoms in total. The molecule has 1 aromatic rings. The number of ether oxygens (including phenoxy) is 1. The van der Waals surface area contributed by atoms with Crippen molar-refractivity contribution in [3.8, 4) is 5.75 Å². The molecule has 2 saturated carbocycles. The number of imide groups is 1. The van der Waals surface area contributed by atoms with Crippen molar-refractivity contribution in [2.24, 2.45) is 11.8 Å². The molecule has 1 aromatic carbocycles. The standard InChI is InChI=1S/C28H35F2N3O4/c29-28(30)11-3-4-17(13-28)19-14-32(15-19)22-5-1-2-6-24(22)37-20-7-8-21-18(12-20)16-33(27(21)36)23-9-10-25(34)31-26(23)35/h7-8,12,17,19,22-24H,1-6,9-11,13-16H2,(H,31,34,35)/t17?,22-,23?,24+/m0/s1. The van der Waals surface area contributed by atoms with Crippen molar-refractivity contribution in [1.29, 1.82) is 0 Å². The van der Waals surface area contributed by atoms with Crippen molar-refractivity contribution in [1.82, 2.24) is 15.1 Å². The Balaban J connectivity index is 1.09. The summed E-state index contributed by atoms with van der Waals surface area (Å²) in [5.74, 6) is -2.19. The predicted octanol–water partition coefficient (Wildman–Crippen LogP) is 3.89. The van der Waals surface area contributed by atoms with Crippen LogP contribution < -0.4 is 10.1 Å². The summed E-state index contributed by atoms with van der Waals surface area (Å²) in [6, 6.07) is 5.17. The third-order valence-electron chi connectivity index (χ3n) is 9.20. The van der Waals surface area contributed by atoms with E-state index in [1.807, 2.05) is 12.1 Å². The molecule has 5 aliphatic rings. The smallest absolute Gasteiger partial charge is 0.255 e. The van der Waals surface area contributed by atoms with Crippen LogP contribution in [0.5, 0.6) is 5.75 Å². The van der Waals surface area contributed by atoms with Gasteiger partial charge in [0.05, 0.1) is 0 Å². The highest BCUT2D eigenvalue weighted by Gasteiger charge is 2.46. The molecule has 4 fully saturated rings. The minimum atomic E-state index is -2.50. The fourth-order valence-electron chi connectivity index (χ4n) is 7.16. The molecule has 0 spiro atoms. The molecule has 200 valence electrons. The van der Waals surface area contributed by atoms with Gasteiger partial charge in [0.1, 0.15) is 17.9 Å². The number of nitrogens with one attached hydrogen (secondary N) is 1. The summed E-state index contributed by atoms with van der Waals surface area (Å²) >= 11 is 0. The average Bonchev–Trinajstić information content (AvgIpc) is 3.14. The third-order valence-corrected chi connectivity index (χ3v) is 9.20. The molecule has 4 atom stereocenters. The van der Waals surface area contributed by atoms with E-state index in [1.165, 1.54) is 0 Å². The number of amides is 3. The Morgan fingerprint density at radius 2 is 1.78 bits per heavy atom. The summed E-state index contributed by atoms with van der Waals surface area (Å²) in [6.45, 7) is 2.08. The van der Waals surface area contributed by atoms with Crippen LogP contribution >= 0.6 is 0 Å². The molecular weight excluding hydrogens is 480 g/mol. The third kappa shape index (κ3) is 4.87. The Kier molecular flexibility index (Phi) is 6.45. The van der Waals surface area contributed by atoms with E-state index in [-0.39, 0.29) is 49.1 Å². The highest BCUT2D eigenvalue weighted by Crippen LogP contribution is 2.44. The van der Waals surface area contributed by atoms with Crippen molar-refractivity contribution < 1.29 is 27.9 Å². The van der Waals surface area contributed by atoms with Crippen LogP contribution in [0.2, 0.25) is 0 Å². The molecule has 0 bridgehead atoms. The maximum absolute atomic E-state index is 13.9. The second-order valence-corrected chi connectivity index (χ2v) is 11.7. The molecule has 0 aromatic heterocycles. The summed E-state index contributed by atoms with van der Waals surface area (Å²) in [4.78, 5) is 40.8. The number of hydrogen-bond donors (Lipinski definition) is 1. The summed E-state index contributed by atoms with van der Waals surface area (Å²) < 4.78 is 34.3. The first-order valence-electron chi connectivity index (χ1n) is 13.8. The van der Waals surface area contributed by atoms with Gasteiger partial charge in [-0.2, -0.15) is 0 Å². The number of carbonyl (C=O) groups is 3. The average molecular weight is 516 g/mol. The number of rotatable bonds is 5. The number of halogens is 2. The van der Waals surface area contributed by atoms with E-state index < -0.39 is 17.9 Å². The molecule has 3 aliphatic heterocycles. The first-order valence-corrected chi connectivity index (χ1v) is 13.8. The van der Waals surface area contributed by atoms with E-state index in [0.717, 1.165) is 56.5 Å². The monoisotopic (exact) mass is 515 g/mol. The van der Waals surface area contributed by atoms with Gasteiger partial charge in [0.25, 0.3) is 5.91 Å². The van der Waals surface area contributed by atoms with Crippen LogP contribution in [0, 0.1) is 11.8 Å². The van der Waals surface area contributed by atoms with Gasteiger partial charge in [0.15, 0.2) is 0 Å². The SMILES string of the molecule is O=C1CCC(N2Cc3cc(O[C@@H]4CCCC[C@@H]4N4CC(C5CCCC(F)(F)C5)C4)ccc3C2=O)C(=O)N1. The number of likely N-dealkylation sites (tertiary alicyclic amines) is 1. The van der Waals surface area contributed by atoms with Crippen molar-refractivity contribution >= 4 is 17.7 Å². The second kappa shape index (κ2) is 9.64. The maximum Gasteiger partial charge on any atom is 0.255 e.